The minimum Gasteiger partial charge on any atom is -0.504 e. The van der Waals surface area contributed by atoms with Crippen molar-refractivity contribution in [2.45, 2.75) is 26.0 Å². The Morgan fingerprint density at radius 1 is 1.33 bits per heavy atom. The van der Waals surface area contributed by atoms with Crippen molar-refractivity contribution in [3.8, 4) is 11.5 Å². The molecule has 1 atom stereocenters. The van der Waals surface area contributed by atoms with Gasteiger partial charge in [-0.2, -0.15) is 0 Å². The standard InChI is InChI=1S/C14H21NO3/c1-11(15-8-6-12(10-16)7-9-15)18-14-5-3-2-4-13(14)17/h2-5,11-12,16-17H,6-10H2,1H3. The number of likely N-dealkylation sites (tertiary alicyclic amines) is 1. The second-order valence-corrected chi connectivity index (χ2v) is 4.85. The molecule has 0 bridgehead atoms. The number of aromatic hydroxyl groups is 1. The van der Waals surface area contributed by atoms with E-state index < -0.39 is 0 Å². The fourth-order valence-electron chi connectivity index (χ4n) is 2.31. The number of piperidine rings is 1. The number of para-hydroxylation sites is 2. The van der Waals surface area contributed by atoms with Crippen LogP contribution >= 0.6 is 0 Å². The van der Waals surface area contributed by atoms with Crippen LogP contribution in [0.4, 0.5) is 0 Å². The van der Waals surface area contributed by atoms with Crippen molar-refractivity contribution in [3.05, 3.63) is 24.3 Å². The molecule has 2 N–H and O–H groups in total. The third-order valence-corrected chi connectivity index (χ3v) is 3.58. The second-order valence-electron chi connectivity index (χ2n) is 4.85. The van der Waals surface area contributed by atoms with Gasteiger partial charge >= 0.3 is 0 Å². The summed E-state index contributed by atoms with van der Waals surface area (Å²) in [6.45, 7) is 4.13. The van der Waals surface area contributed by atoms with Crippen molar-refractivity contribution >= 4 is 0 Å². The third-order valence-electron chi connectivity index (χ3n) is 3.58. The summed E-state index contributed by atoms with van der Waals surface area (Å²) in [5, 5.41) is 18.8. The van der Waals surface area contributed by atoms with E-state index in [0.717, 1.165) is 25.9 Å². The zero-order valence-electron chi connectivity index (χ0n) is 10.7. The topological polar surface area (TPSA) is 52.9 Å². The maximum atomic E-state index is 9.66. The number of rotatable bonds is 4. The number of ether oxygens (including phenoxy) is 1. The molecule has 1 aromatic rings. The van der Waals surface area contributed by atoms with E-state index in [0.29, 0.717) is 11.7 Å². The average Bonchev–Trinajstić information content (AvgIpc) is 2.41. The fraction of sp³-hybridized carbons (Fsp3) is 0.571. The Bertz CT molecular complexity index is 375. The smallest absolute Gasteiger partial charge is 0.163 e. The fourth-order valence-corrected chi connectivity index (χ4v) is 2.31. The highest BCUT2D eigenvalue weighted by molar-refractivity contribution is 5.37. The first kappa shape index (κ1) is 13.2. The number of phenolic OH excluding ortho intramolecular Hbond substituents is 1. The molecule has 4 nitrogen and oxygen atoms in total. The van der Waals surface area contributed by atoms with Crippen molar-refractivity contribution in [2.75, 3.05) is 19.7 Å². The highest BCUT2D eigenvalue weighted by Crippen LogP contribution is 2.27. The molecule has 1 aliphatic rings. The summed E-state index contributed by atoms with van der Waals surface area (Å²) < 4.78 is 5.77. The lowest BCUT2D eigenvalue weighted by molar-refractivity contribution is 0.00646. The molecule has 1 saturated heterocycles. The number of aliphatic hydroxyl groups is 1. The predicted molar refractivity (Wildman–Crippen MR) is 69.6 cm³/mol. The first-order chi connectivity index (χ1) is 8.70. The summed E-state index contributed by atoms with van der Waals surface area (Å²) in [6.07, 6.45) is 1.95. The van der Waals surface area contributed by atoms with Gasteiger partial charge in [0, 0.05) is 19.7 Å². The molecular weight excluding hydrogens is 230 g/mol. The van der Waals surface area contributed by atoms with Gasteiger partial charge in [-0.15, -0.1) is 0 Å². The summed E-state index contributed by atoms with van der Waals surface area (Å²) in [5.41, 5.74) is 0. The molecule has 0 spiro atoms. The highest BCUT2D eigenvalue weighted by atomic mass is 16.5. The molecule has 1 aliphatic heterocycles. The third kappa shape index (κ3) is 3.15. The Morgan fingerprint density at radius 3 is 2.61 bits per heavy atom. The molecule has 4 heteroatoms. The zero-order chi connectivity index (χ0) is 13.0. The average molecular weight is 251 g/mol. The molecule has 18 heavy (non-hydrogen) atoms. The molecule has 0 aromatic heterocycles. The van der Waals surface area contributed by atoms with E-state index in [1.54, 1.807) is 18.2 Å². The van der Waals surface area contributed by atoms with Crippen LogP contribution in [0.1, 0.15) is 19.8 Å². The number of hydrogen-bond donors (Lipinski definition) is 2. The van der Waals surface area contributed by atoms with Gasteiger partial charge in [-0.3, -0.25) is 4.90 Å². The van der Waals surface area contributed by atoms with Crippen molar-refractivity contribution in [3.63, 3.8) is 0 Å². The Balaban J connectivity index is 1.89. The normalized spacial score (nSPS) is 19.7. The van der Waals surface area contributed by atoms with Gasteiger partial charge < -0.3 is 14.9 Å². The second kappa shape index (κ2) is 6.07. The Hall–Kier alpha value is -1.26. The van der Waals surface area contributed by atoms with E-state index in [-0.39, 0.29) is 18.6 Å². The van der Waals surface area contributed by atoms with E-state index in [9.17, 15) is 5.11 Å². The first-order valence-corrected chi connectivity index (χ1v) is 6.50. The van der Waals surface area contributed by atoms with Gasteiger partial charge in [0.15, 0.2) is 11.5 Å². The molecule has 0 saturated carbocycles. The highest BCUT2D eigenvalue weighted by Gasteiger charge is 2.23. The lowest BCUT2D eigenvalue weighted by atomic mass is 9.98. The summed E-state index contributed by atoms with van der Waals surface area (Å²) >= 11 is 0. The maximum absolute atomic E-state index is 9.66. The van der Waals surface area contributed by atoms with Crippen LogP contribution in [0.3, 0.4) is 0 Å². The van der Waals surface area contributed by atoms with Crippen LogP contribution in [-0.4, -0.2) is 41.0 Å². The molecular formula is C14H21NO3. The molecule has 1 unspecified atom stereocenters. The summed E-state index contributed by atoms with van der Waals surface area (Å²) in [7, 11) is 0. The van der Waals surface area contributed by atoms with Gasteiger partial charge in [0.2, 0.25) is 0 Å². The van der Waals surface area contributed by atoms with E-state index >= 15 is 0 Å². The van der Waals surface area contributed by atoms with Crippen LogP contribution in [0.5, 0.6) is 11.5 Å². The van der Waals surface area contributed by atoms with Crippen LogP contribution < -0.4 is 4.74 Å². The SMILES string of the molecule is CC(Oc1ccccc1O)N1CCC(CO)CC1. The number of nitrogens with zero attached hydrogens (tertiary/aromatic N) is 1. The van der Waals surface area contributed by atoms with Crippen LogP contribution in [0, 0.1) is 5.92 Å². The molecule has 0 aliphatic carbocycles. The number of phenols is 1. The van der Waals surface area contributed by atoms with E-state index in [4.69, 9.17) is 9.84 Å². The van der Waals surface area contributed by atoms with Crippen molar-refractivity contribution in [2.24, 2.45) is 5.92 Å². The van der Waals surface area contributed by atoms with E-state index in [2.05, 4.69) is 4.90 Å². The number of aliphatic hydroxyl groups excluding tert-OH is 1. The summed E-state index contributed by atoms with van der Waals surface area (Å²) in [4.78, 5) is 2.23. The molecule has 1 aromatic carbocycles. The van der Waals surface area contributed by atoms with Gasteiger partial charge in [-0.25, -0.2) is 0 Å². The van der Waals surface area contributed by atoms with Gasteiger partial charge in [0.05, 0.1) is 0 Å². The largest absolute Gasteiger partial charge is 0.504 e. The molecule has 1 fully saturated rings. The van der Waals surface area contributed by atoms with Crippen LogP contribution in [0.25, 0.3) is 0 Å². The maximum Gasteiger partial charge on any atom is 0.163 e. The first-order valence-electron chi connectivity index (χ1n) is 6.50. The minimum absolute atomic E-state index is 0.0575. The van der Waals surface area contributed by atoms with Gasteiger partial charge in [-0.1, -0.05) is 12.1 Å². The summed E-state index contributed by atoms with van der Waals surface area (Å²) in [5.74, 6) is 1.13. The number of benzene rings is 1. The quantitative estimate of drug-likeness (QED) is 0.857. The molecule has 1 heterocycles. The molecule has 2 rings (SSSR count). The van der Waals surface area contributed by atoms with Gasteiger partial charge in [-0.05, 0) is 37.8 Å². The monoisotopic (exact) mass is 251 g/mol. The van der Waals surface area contributed by atoms with Crippen LogP contribution in [-0.2, 0) is 0 Å². The lowest BCUT2D eigenvalue weighted by Gasteiger charge is -2.35. The van der Waals surface area contributed by atoms with Crippen molar-refractivity contribution in [1.29, 1.82) is 0 Å². The minimum atomic E-state index is -0.0575. The molecule has 100 valence electrons. The molecule has 0 radical (unpaired) electrons. The lowest BCUT2D eigenvalue weighted by Crippen LogP contribution is -2.43. The van der Waals surface area contributed by atoms with Crippen LogP contribution in [0.15, 0.2) is 24.3 Å². The van der Waals surface area contributed by atoms with E-state index in [1.165, 1.54) is 0 Å². The Morgan fingerprint density at radius 2 is 2.00 bits per heavy atom. The zero-order valence-corrected chi connectivity index (χ0v) is 10.7. The Kier molecular flexibility index (Phi) is 4.44. The number of hydrogen-bond acceptors (Lipinski definition) is 4. The van der Waals surface area contributed by atoms with Gasteiger partial charge in [0.25, 0.3) is 0 Å². The molecule has 0 amide bonds. The predicted octanol–water partition coefficient (Wildman–Crippen LogP) is 1.82. The van der Waals surface area contributed by atoms with Crippen LogP contribution in [0.2, 0.25) is 0 Å². The summed E-state index contributed by atoms with van der Waals surface area (Å²) in [6, 6.07) is 7.02. The van der Waals surface area contributed by atoms with E-state index in [1.807, 2.05) is 13.0 Å². The Labute approximate surface area is 108 Å². The van der Waals surface area contributed by atoms with Gasteiger partial charge in [0.1, 0.15) is 6.23 Å². The van der Waals surface area contributed by atoms with Crippen molar-refractivity contribution in [1.82, 2.24) is 4.90 Å². The van der Waals surface area contributed by atoms with Crippen molar-refractivity contribution < 1.29 is 14.9 Å².